The van der Waals surface area contributed by atoms with Crippen LogP contribution < -0.4 is 16.4 Å². The van der Waals surface area contributed by atoms with Crippen molar-refractivity contribution in [2.24, 2.45) is 5.73 Å². The number of benzene rings is 1. The Bertz CT molecular complexity index is 795. The lowest BCUT2D eigenvalue weighted by Gasteiger charge is -2.38. The van der Waals surface area contributed by atoms with Gasteiger partial charge >= 0.3 is 5.97 Å². The van der Waals surface area contributed by atoms with Crippen LogP contribution in [0.15, 0.2) is 24.3 Å². The summed E-state index contributed by atoms with van der Waals surface area (Å²) in [7, 11) is 0. The second-order valence-electron chi connectivity index (χ2n) is 7.95. The minimum absolute atomic E-state index is 0.186. The molecule has 0 aliphatic carbocycles. The topological polar surface area (TPSA) is 125 Å². The molecule has 0 aromatic heterocycles. The molecule has 4 atom stereocenters. The van der Waals surface area contributed by atoms with E-state index < -0.39 is 30.0 Å². The quantitative estimate of drug-likeness (QED) is 0.280. The maximum atomic E-state index is 13.5. The number of carboxylic acids is 1. The second kappa shape index (κ2) is 13.1. The molecule has 1 aliphatic rings. The number of nitrogens with two attached hydrogens (primary N) is 1. The predicted molar refractivity (Wildman–Crippen MR) is 131 cm³/mol. The van der Waals surface area contributed by atoms with Gasteiger partial charge in [0.15, 0.2) is 0 Å². The summed E-state index contributed by atoms with van der Waals surface area (Å²) in [6.07, 6.45) is 3.09. The third kappa shape index (κ3) is 7.13. The highest BCUT2D eigenvalue weighted by molar-refractivity contribution is 7.98. The molecule has 0 spiro atoms. The molecule has 178 valence electrons. The van der Waals surface area contributed by atoms with Crippen molar-refractivity contribution >= 4 is 42.2 Å². The van der Waals surface area contributed by atoms with Crippen LogP contribution in [0.3, 0.4) is 0 Å². The SMILES string of the molecule is CC[C@@H](NC[C@@H](N)CS)C(=O)N1Cc2ccccc2C[C@H]1C(=O)N[C@@H](CCSC)C(=O)O. The van der Waals surface area contributed by atoms with Crippen LogP contribution in [0.1, 0.15) is 30.9 Å². The van der Waals surface area contributed by atoms with Crippen LogP contribution >= 0.6 is 24.4 Å². The summed E-state index contributed by atoms with van der Waals surface area (Å²) in [5.74, 6) is -0.601. The van der Waals surface area contributed by atoms with E-state index in [4.69, 9.17) is 5.73 Å². The maximum Gasteiger partial charge on any atom is 0.326 e. The molecular weight excluding hydrogens is 448 g/mol. The summed E-state index contributed by atoms with van der Waals surface area (Å²) in [5, 5.41) is 15.4. The number of hydrogen-bond donors (Lipinski definition) is 5. The number of amides is 2. The zero-order valence-electron chi connectivity index (χ0n) is 18.6. The third-order valence-electron chi connectivity index (χ3n) is 5.63. The molecule has 5 N–H and O–H groups in total. The van der Waals surface area contributed by atoms with E-state index in [1.165, 1.54) is 11.8 Å². The van der Waals surface area contributed by atoms with Gasteiger partial charge in [-0.1, -0.05) is 31.2 Å². The molecule has 1 aliphatic heterocycles. The molecule has 1 aromatic carbocycles. The zero-order valence-corrected chi connectivity index (χ0v) is 20.3. The highest BCUT2D eigenvalue weighted by Gasteiger charge is 2.38. The average Bonchev–Trinajstić information content (AvgIpc) is 2.80. The van der Waals surface area contributed by atoms with Crippen molar-refractivity contribution in [3.63, 3.8) is 0 Å². The first-order valence-electron chi connectivity index (χ1n) is 10.8. The summed E-state index contributed by atoms with van der Waals surface area (Å²) >= 11 is 5.70. The Labute approximate surface area is 199 Å². The van der Waals surface area contributed by atoms with Gasteiger partial charge in [-0.15, -0.1) is 0 Å². The monoisotopic (exact) mass is 482 g/mol. The van der Waals surface area contributed by atoms with Gasteiger partial charge in [0, 0.05) is 31.3 Å². The summed E-state index contributed by atoms with van der Waals surface area (Å²) in [6, 6.07) is 5.27. The van der Waals surface area contributed by atoms with Crippen LogP contribution in [0.2, 0.25) is 0 Å². The molecule has 0 bridgehead atoms. The van der Waals surface area contributed by atoms with E-state index in [0.29, 0.717) is 43.9 Å². The third-order valence-corrected chi connectivity index (χ3v) is 6.74. The molecule has 0 saturated heterocycles. The van der Waals surface area contributed by atoms with Crippen molar-refractivity contribution < 1.29 is 19.5 Å². The Morgan fingerprint density at radius 2 is 1.97 bits per heavy atom. The molecule has 2 rings (SSSR count). The number of carbonyl (C=O) groups is 3. The molecule has 0 unspecified atom stereocenters. The van der Waals surface area contributed by atoms with Gasteiger partial charge in [0.2, 0.25) is 11.8 Å². The van der Waals surface area contributed by atoms with Crippen molar-refractivity contribution in [3.05, 3.63) is 35.4 Å². The number of nitrogens with one attached hydrogen (secondary N) is 2. The minimum Gasteiger partial charge on any atom is -0.480 e. The highest BCUT2D eigenvalue weighted by Crippen LogP contribution is 2.25. The van der Waals surface area contributed by atoms with E-state index in [1.54, 1.807) is 4.90 Å². The van der Waals surface area contributed by atoms with Gasteiger partial charge in [-0.05, 0) is 36.0 Å². The molecule has 0 radical (unpaired) electrons. The molecule has 32 heavy (non-hydrogen) atoms. The Hall–Kier alpha value is -1.75. The number of carbonyl (C=O) groups excluding carboxylic acids is 2. The summed E-state index contributed by atoms with van der Waals surface area (Å²) in [6.45, 7) is 2.63. The molecular formula is C22H34N4O4S2. The van der Waals surface area contributed by atoms with Crippen LogP contribution in [-0.2, 0) is 27.3 Å². The van der Waals surface area contributed by atoms with E-state index in [0.717, 1.165) is 11.1 Å². The lowest BCUT2D eigenvalue weighted by atomic mass is 9.92. The zero-order chi connectivity index (χ0) is 23.7. The van der Waals surface area contributed by atoms with Crippen LogP contribution in [0.4, 0.5) is 0 Å². The Morgan fingerprint density at radius 1 is 1.28 bits per heavy atom. The summed E-state index contributed by atoms with van der Waals surface area (Å²) < 4.78 is 0. The average molecular weight is 483 g/mol. The number of hydrogen-bond acceptors (Lipinski definition) is 7. The first-order chi connectivity index (χ1) is 15.3. The van der Waals surface area contributed by atoms with E-state index >= 15 is 0 Å². The van der Waals surface area contributed by atoms with Gasteiger partial charge in [0.25, 0.3) is 0 Å². The van der Waals surface area contributed by atoms with Crippen molar-refractivity contribution in [3.8, 4) is 0 Å². The van der Waals surface area contributed by atoms with Gasteiger partial charge in [-0.25, -0.2) is 4.79 Å². The van der Waals surface area contributed by atoms with E-state index in [2.05, 4.69) is 23.3 Å². The van der Waals surface area contributed by atoms with Gasteiger partial charge < -0.3 is 26.4 Å². The molecule has 2 amide bonds. The standard InChI is InChI=1S/C22H34N4O4S2/c1-3-17(24-11-16(23)13-31)21(28)26-12-15-7-5-4-6-14(15)10-19(26)20(27)25-18(22(29)30)8-9-32-2/h4-7,16-19,24,31H,3,8-13,23H2,1-2H3,(H,25,27)(H,29,30)/t16-,17-,18+,19+/m1/s1. The fraction of sp³-hybridized carbons (Fsp3) is 0.591. The molecule has 8 nitrogen and oxygen atoms in total. The normalized spacial score (nSPS) is 18.4. The van der Waals surface area contributed by atoms with E-state index in [9.17, 15) is 19.5 Å². The van der Waals surface area contributed by atoms with Gasteiger partial charge in [0.05, 0.1) is 6.04 Å². The van der Waals surface area contributed by atoms with Crippen LogP contribution in [0, 0.1) is 0 Å². The van der Waals surface area contributed by atoms with Crippen LogP contribution in [0.5, 0.6) is 0 Å². The molecule has 0 saturated carbocycles. The van der Waals surface area contributed by atoms with Crippen molar-refractivity contribution in [2.45, 2.75) is 56.9 Å². The van der Waals surface area contributed by atoms with Crippen molar-refractivity contribution in [1.82, 2.24) is 15.5 Å². The number of thioether (sulfide) groups is 1. The number of nitrogens with zero attached hydrogens (tertiary/aromatic N) is 1. The fourth-order valence-electron chi connectivity index (χ4n) is 3.71. The smallest absolute Gasteiger partial charge is 0.326 e. The lowest BCUT2D eigenvalue weighted by molar-refractivity contribution is -0.146. The van der Waals surface area contributed by atoms with Gasteiger partial charge in [-0.2, -0.15) is 24.4 Å². The largest absolute Gasteiger partial charge is 0.480 e. The maximum absolute atomic E-state index is 13.5. The Balaban J connectivity index is 2.25. The number of aliphatic carboxylic acids is 1. The lowest BCUT2D eigenvalue weighted by Crippen LogP contribution is -2.59. The predicted octanol–water partition coefficient (Wildman–Crippen LogP) is 0.888. The Kier molecular flexibility index (Phi) is 10.8. The number of thiol groups is 1. The van der Waals surface area contributed by atoms with E-state index in [1.807, 2.05) is 37.4 Å². The molecule has 0 fully saturated rings. The van der Waals surface area contributed by atoms with Crippen LogP contribution in [0.25, 0.3) is 0 Å². The minimum atomic E-state index is -1.07. The summed E-state index contributed by atoms with van der Waals surface area (Å²) in [4.78, 5) is 39.9. The number of fused-ring (bicyclic) bond motifs is 1. The molecule has 10 heteroatoms. The second-order valence-corrected chi connectivity index (χ2v) is 9.30. The van der Waals surface area contributed by atoms with E-state index in [-0.39, 0.29) is 11.9 Å². The first kappa shape index (κ1) is 26.5. The Morgan fingerprint density at radius 3 is 2.56 bits per heavy atom. The number of carboxylic acid groups (broad SMARTS) is 1. The van der Waals surface area contributed by atoms with Crippen LogP contribution in [-0.4, -0.2) is 76.3 Å². The van der Waals surface area contributed by atoms with Gasteiger partial charge in [-0.3, -0.25) is 9.59 Å². The highest BCUT2D eigenvalue weighted by atomic mass is 32.2. The summed E-state index contributed by atoms with van der Waals surface area (Å²) in [5.41, 5.74) is 7.91. The van der Waals surface area contributed by atoms with Crippen molar-refractivity contribution in [1.29, 1.82) is 0 Å². The van der Waals surface area contributed by atoms with Gasteiger partial charge in [0.1, 0.15) is 12.1 Å². The molecule has 1 heterocycles. The first-order valence-corrected chi connectivity index (χ1v) is 12.8. The number of rotatable bonds is 12. The molecule has 1 aromatic rings. The van der Waals surface area contributed by atoms with Crippen molar-refractivity contribution in [2.75, 3.05) is 24.3 Å². The fourth-order valence-corrected chi connectivity index (χ4v) is 4.31.